The fourth-order valence-electron chi connectivity index (χ4n) is 2.51. The molecule has 0 saturated carbocycles. The number of amides is 1. The van der Waals surface area contributed by atoms with Gasteiger partial charge in [-0.05, 0) is 48.4 Å². The van der Waals surface area contributed by atoms with Crippen LogP contribution in [0.15, 0.2) is 67.1 Å². The zero-order chi connectivity index (χ0) is 18.4. The molecule has 0 atom stereocenters. The van der Waals surface area contributed by atoms with E-state index in [2.05, 4.69) is 15.3 Å². The molecule has 0 aliphatic heterocycles. The molecular weight excluding hydrogens is 331 g/mol. The minimum Gasteiger partial charge on any atom is -0.374 e. The van der Waals surface area contributed by atoms with Gasteiger partial charge in [-0.2, -0.15) is 0 Å². The van der Waals surface area contributed by atoms with E-state index in [0.29, 0.717) is 0 Å². The average molecular weight is 350 g/mol. The summed E-state index contributed by atoms with van der Waals surface area (Å²) < 4.78 is 13.7. The van der Waals surface area contributed by atoms with Gasteiger partial charge in [0, 0.05) is 37.9 Å². The molecule has 0 aliphatic carbocycles. The predicted molar refractivity (Wildman–Crippen MR) is 99.8 cm³/mol. The number of halogens is 1. The second-order valence-electron chi connectivity index (χ2n) is 5.86. The molecule has 0 saturated heterocycles. The van der Waals surface area contributed by atoms with Gasteiger partial charge in [0.2, 0.25) is 0 Å². The molecule has 3 aromatic rings. The van der Waals surface area contributed by atoms with E-state index in [1.165, 1.54) is 17.7 Å². The number of carbonyl (C=O) groups is 1. The topological polar surface area (TPSA) is 58.1 Å². The molecule has 2 aromatic heterocycles. The molecule has 0 fully saturated rings. The highest BCUT2D eigenvalue weighted by atomic mass is 19.1. The summed E-state index contributed by atoms with van der Waals surface area (Å²) in [5, 5.41) is 2.55. The van der Waals surface area contributed by atoms with E-state index in [1.54, 1.807) is 36.8 Å². The maximum atomic E-state index is 13.7. The first-order valence-electron chi connectivity index (χ1n) is 8.25. The summed E-state index contributed by atoms with van der Waals surface area (Å²) in [6.45, 7) is 0.780. The molecule has 1 N–H and O–H groups in total. The van der Waals surface area contributed by atoms with Gasteiger partial charge in [-0.15, -0.1) is 0 Å². The van der Waals surface area contributed by atoms with Crippen LogP contribution >= 0.6 is 0 Å². The third kappa shape index (κ3) is 4.42. The summed E-state index contributed by atoms with van der Waals surface area (Å²) in [4.78, 5) is 22.5. The Labute approximate surface area is 151 Å². The lowest BCUT2D eigenvalue weighted by atomic mass is 10.2. The number of nitrogens with zero attached hydrogens (tertiary/aromatic N) is 3. The van der Waals surface area contributed by atoms with E-state index in [9.17, 15) is 9.18 Å². The Kier molecular flexibility index (Phi) is 5.53. The van der Waals surface area contributed by atoms with Crippen LogP contribution in [0.3, 0.4) is 0 Å². The molecule has 132 valence electrons. The quantitative estimate of drug-likeness (QED) is 0.739. The molecule has 6 heteroatoms. The molecule has 1 amide bonds. The molecule has 2 heterocycles. The smallest absolute Gasteiger partial charge is 0.274 e. The summed E-state index contributed by atoms with van der Waals surface area (Å²) in [7, 11) is 1.95. The number of nitrogens with one attached hydrogen (secondary N) is 1. The fourth-order valence-corrected chi connectivity index (χ4v) is 2.51. The van der Waals surface area contributed by atoms with Crippen LogP contribution in [0.4, 0.5) is 15.8 Å². The number of hydrogen-bond donors (Lipinski definition) is 1. The highest BCUT2D eigenvalue weighted by Gasteiger charge is 2.12. The van der Waals surface area contributed by atoms with Crippen molar-refractivity contribution in [2.75, 3.05) is 23.8 Å². The largest absolute Gasteiger partial charge is 0.374 e. The zero-order valence-corrected chi connectivity index (χ0v) is 14.4. The maximum Gasteiger partial charge on any atom is 0.274 e. The van der Waals surface area contributed by atoms with Crippen LogP contribution in [0.5, 0.6) is 0 Å². The highest BCUT2D eigenvalue weighted by molar-refractivity contribution is 6.03. The minimum absolute atomic E-state index is 0.135. The molecule has 5 nitrogen and oxygen atoms in total. The van der Waals surface area contributed by atoms with Crippen LogP contribution in [-0.2, 0) is 6.42 Å². The number of para-hydroxylation sites is 1. The Bertz CT molecular complexity index is 886. The van der Waals surface area contributed by atoms with Crippen molar-refractivity contribution in [2.24, 2.45) is 0 Å². The molecule has 0 aliphatic rings. The first-order valence-corrected chi connectivity index (χ1v) is 8.25. The third-order valence-electron chi connectivity index (χ3n) is 4.02. The highest BCUT2D eigenvalue weighted by Crippen LogP contribution is 2.17. The number of anilines is 2. The van der Waals surface area contributed by atoms with Crippen LogP contribution in [0, 0.1) is 5.82 Å². The lowest BCUT2D eigenvalue weighted by Crippen LogP contribution is -2.21. The lowest BCUT2D eigenvalue weighted by molar-refractivity contribution is 0.102. The van der Waals surface area contributed by atoms with E-state index in [1.807, 2.05) is 30.1 Å². The molecular formula is C20H19FN4O. The second kappa shape index (κ2) is 8.20. The van der Waals surface area contributed by atoms with E-state index in [4.69, 9.17) is 0 Å². The molecule has 1 aromatic carbocycles. The van der Waals surface area contributed by atoms with Crippen molar-refractivity contribution in [2.45, 2.75) is 6.42 Å². The summed E-state index contributed by atoms with van der Waals surface area (Å²) >= 11 is 0. The average Bonchev–Trinajstić information content (AvgIpc) is 2.69. The zero-order valence-electron chi connectivity index (χ0n) is 14.4. The Balaban J connectivity index is 1.67. The van der Waals surface area contributed by atoms with Gasteiger partial charge in [0.05, 0.1) is 5.69 Å². The van der Waals surface area contributed by atoms with Gasteiger partial charge >= 0.3 is 0 Å². The summed E-state index contributed by atoms with van der Waals surface area (Å²) in [5.74, 6) is -0.925. The summed E-state index contributed by atoms with van der Waals surface area (Å²) in [5.41, 5.74) is 2.43. The summed E-state index contributed by atoms with van der Waals surface area (Å²) in [6, 6.07) is 13.5. The van der Waals surface area contributed by atoms with Gasteiger partial charge in [0.15, 0.2) is 0 Å². The van der Waals surface area contributed by atoms with Gasteiger partial charge < -0.3 is 10.2 Å². The van der Waals surface area contributed by atoms with Gasteiger partial charge in [-0.1, -0.05) is 12.1 Å². The first kappa shape index (κ1) is 17.5. The number of aromatic nitrogens is 2. The normalized spacial score (nSPS) is 10.4. The Morgan fingerprint density at radius 1 is 1.12 bits per heavy atom. The van der Waals surface area contributed by atoms with Crippen LogP contribution < -0.4 is 10.2 Å². The van der Waals surface area contributed by atoms with Gasteiger partial charge in [-0.3, -0.25) is 14.8 Å². The Hall–Kier alpha value is -3.28. The van der Waals surface area contributed by atoms with Crippen molar-refractivity contribution < 1.29 is 9.18 Å². The first-order chi connectivity index (χ1) is 12.6. The number of likely N-dealkylation sites (N-methyl/N-ethyl adjacent to an activating group) is 1. The molecule has 3 rings (SSSR count). The number of rotatable bonds is 6. The van der Waals surface area contributed by atoms with Crippen molar-refractivity contribution >= 4 is 17.3 Å². The Morgan fingerprint density at radius 2 is 1.88 bits per heavy atom. The SMILES string of the molecule is CN(CCc1ccncc1)c1ccnc(C(=O)Nc2ccccc2F)c1. The van der Waals surface area contributed by atoms with Crippen molar-refractivity contribution in [1.82, 2.24) is 9.97 Å². The van der Waals surface area contributed by atoms with Crippen molar-refractivity contribution in [3.8, 4) is 0 Å². The van der Waals surface area contributed by atoms with Gasteiger partial charge in [0.1, 0.15) is 11.5 Å². The molecule has 26 heavy (non-hydrogen) atoms. The van der Waals surface area contributed by atoms with Crippen LogP contribution in [-0.4, -0.2) is 29.5 Å². The second-order valence-corrected chi connectivity index (χ2v) is 5.86. The van der Waals surface area contributed by atoms with Crippen molar-refractivity contribution in [3.63, 3.8) is 0 Å². The predicted octanol–water partition coefficient (Wildman–Crippen LogP) is 3.55. The van der Waals surface area contributed by atoms with Gasteiger partial charge in [-0.25, -0.2) is 4.39 Å². The van der Waals surface area contributed by atoms with Crippen molar-refractivity contribution in [1.29, 1.82) is 0 Å². The third-order valence-corrected chi connectivity index (χ3v) is 4.02. The fraction of sp³-hybridized carbons (Fsp3) is 0.150. The summed E-state index contributed by atoms with van der Waals surface area (Å²) in [6.07, 6.45) is 5.98. The number of carbonyl (C=O) groups excluding carboxylic acids is 1. The van der Waals surface area contributed by atoms with Crippen molar-refractivity contribution in [3.05, 3.63) is 84.2 Å². The van der Waals surface area contributed by atoms with E-state index in [-0.39, 0.29) is 11.4 Å². The Morgan fingerprint density at radius 3 is 2.65 bits per heavy atom. The van der Waals surface area contributed by atoms with Gasteiger partial charge in [0.25, 0.3) is 5.91 Å². The van der Waals surface area contributed by atoms with Crippen LogP contribution in [0.25, 0.3) is 0 Å². The molecule has 0 bridgehead atoms. The minimum atomic E-state index is -0.480. The van der Waals surface area contributed by atoms with E-state index in [0.717, 1.165) is 18.7 Å². The van der Waals surface area contributed by atoms with Crippen LogP contribution in [0.1, 0.15) is 16.1 Å². The molecule has 0 spiro atoms. The number of benzene rings is 1. The molecule has 0 unspecified atom stereocenters. The van der Waals surface area contributed by atoms with Crippen LogP contribution in [0.2, 0.25) is 0 Å². The lowest BCUT2D eigenvalue weighted by Gasteiger charge is -2.19. The monoisotopic (exact) mass is 350 g/mol. The van der Waals surface area contributed by atoms with E-state index >= 15 is 0 Å². The maximum absolute atomic E-state index is 13.7. The van der Waals surface area contributed by atoms with E-state index < -0.39 is 11.7 Å². The molecule has 0 radical (unpaired) electrons. The standard InChI is InChI=1S/C20H19FN4O/c1-25(13-9-15-6-10-22-11-7-15)16-8-12-23-19(14-16)20(26)24-18-5-3-2-4-17(18)21/h2-8,10-12,14H,9,13H2,1H3,(H,24,26). The number of pyridine rings is 2. The number of hydrogen-bond acceptors (Lipinski definition) is 4.